The first-order valence-corrected chi connectivity index (χ1v) is 16.4. The number of carbonyl (C=O) groups is 2. The fourth-order valence-corrected chi connectivity index (χ4v) is 9.17. The van der Waals surface area contributed by atoms with Gasteiger partial charge in [-0.3, -0.25) is 14.2 Å². The van der Waals surface area contributed by atoms with E-state index in [0.29, 0.717) is 35.5 Å². The van der Waals surface area contributed by atoms with Crippen molar-refractivity contribution in [3.63, 3.8) is 0 Å². The molecule has 3 aliphatic carbocycles. The van der Waals surface area contributed by atoms with Crippen molar-refractivity contribution in [2.75, 3.05) is 5.73 Å². The van der Waals surface area contributed by atoms with Crippen LogP contribution < -0.4 is 5.73 Å². The van der Waals surface area contributed by atoms with Crippen LogP contribution in [0.15, 0.2) is 55.8 Å². The van der Waals surface area contributed by atoms with E-state index in [9.17, 15) is 14.7 Å². The smallest absolute Gasteiger partial charge is 0.328 e. The number of aliphatic hydroxyl groups excluding tert-OH is 1. The molecule has 3 aliphatic rings. The van der Waals surface area contributed by atoms with Gasteiger partial charge in [0.15, 0.2) is 17.0 Å². The number of ketones is 1. The molecule has 0 spiro atoms. The molecular weight excluding hydrogens is 596 g/mol. The zero-order valence-electron chi connectivity index (χ0n) is 27.3. The zero-order chi connectivity index (χ0) is 33.3. The lowest BCUT2D eigenvalue weighted by atomic mass is 9.44. The Morgan fingerprint density at radius 3 is 2.68 bits per heavy atom. The van der Waals surface area contributed by atoms with Crippen LogP contribution in [-0.4, -0.2) is 63.6 Å². The summed E-state index contributed by atoms with van der Waals surface area (Å²) in [6.45, 7) is 12.4. The molecule has 1 aromatic carbocycles. The predicted octanol–water partition coefficient (Wildman–Crippen LogP) is 4.56. The number of hydrogen-bond donors (Lipinski definition) is 2. The first-order chi connectivity index (χ1) is 22.4. The molecule has 0 aliphatic heterocycles. The molecule has 3 fully saturated rings. The van der Waals surface area contributed by atoms with Crippen LogP contribution in [0.4, 0.5) is 5.82 Å². The molecule has 0 saturated heterocycles. The van der Waals surface area contributed by atoms with Gasteiger partial charge in [-0.25, -0.2) is 19.6 Å². The van der Waals surface area contributed by atoms with E-state index >= 15 is 0 Å². The minimum Gasteiger partial charge on any atom is -0.460 e. The van der Waals surface area contributed by atoms with Gasteiger partial charge >= 0.3 is 5.97 Å². The molecule has 3 heterocycles. The molecule has 2 bridgehead atoms. The maximum atomic E-state index is 13.7. The van der Waals surface area contributed by atoms with Crippen LogP contribution in [0.1, 0.15) is 59.8 Å². The largest absolute Gasteiger partial charge is 0.460 e. The van der Waals surface area contributed by atoms with E-state index in [-0.39, 0.29) is 35.5 Å². The second-order valence-corrected chi connectivity index (χ2v) is 14.5. The van der Waals surface area contributed by atoms with Gasteiger partial charge in [-0.05, 0) is 55.1 Å². The Hall–Kier alpha value is -4.45. The van der Waals surface area contributed by atoms with Gasteiger partial charge in [-0.2, -0.15) is 0 Å². The number of Topliss-reactive ketones (excluding diaryl/α,β-unsaturated/α-hetero) is 1. The summed E-state index contributed by atoms with van der Waals surface area (Å²) in [4.78, 5) is 39.9. The highest BCUT2D eigenvalue weighted by Crippen LogP contribution is 2.68. The maximum absolute atomic E-state index is 13.7. The molecule has 12 heteroatoms. The lowest BCUT2D eigenvalue weighted by molar-refractivity contribution is -0.207. The second kappa shape index (κ2) is 11.1. The van der Waals surface area contributed by atoms with E-state index in [2.05, 4.69) is 52.6 Å². The molecule has 8 atom stereocenters. The molecule has 0 radical (unpaired) electrons. The van der Waals surface area contributed by atoms with Crippen LogP contribution in [0.5, 0.6) is 0 Å². The van der Waals surface area contributed by atoms with Crippen molar-refractivity contribution in [3.05, 3.63) is 55.8 Å². The van der Waals surface area contributed by atoms with E-state index in [0.717, 1.165) is 30.5 Å². The number of esters is 1. The quantitative estimate of drug-likeness (QED) is 0.226. The fraction of sp³-hybridized carbons (Fsp3) is 0.514. The van der Waals surface area contributed by atoms with E-state index < -0.39 is 29.0 Å². The molecular formula is C35H42N8O4. The number of fused-ring (bicyclic) bond motifs is 1. The first kappa shape index (κ1) is 31.2. The SMILES string of the molecule is C=C[C@]1(C)C[C@@H](OC(=O)Cn2cc(-c3ccc(-n4cnc5c(N)ncnc54)cc3)nn2)[C@]2(C)C(C)CCC3(CCC(=O)[C@H]32)[C@@H](C)[C@@H]1O. The Labute approximate surface area is 273 Å². The van der Waals surface area contributed by atoms with Gasteiger partial charge in [-0.15, -0.1) is 11.7 Å². The summed E-state index contributed by atoms with van der Waals surface area (Å²) in [5.74, 6) is -0.115. The summed E-state index contributed by atoms with van der Waals surface area (Å²) in [6, 6.07) is 7.65. The van der Waals surface area contributed by atoms with Crippen LogP contribution in [0, 0.1) is 34.0 Å². The van der Waals surface area contributed by atoms with Crippen molar-refractivity contribution < 1.29 is 19.4 Å². The molecule has 3 aromatic heterocycles. The zero-order valence-corrected chi connectivity index (χ0v) is 27.3. The average Bonchev–Trinajstić information content (AvgIpc) is 3.80. The lowest BCUT2D eigenvalue weighted by Gasteiger charge is -2.61. The monoisotopic (exact) mass is 638 g/mol. The number of benzene rings is 1. The Balaban J connectivity index is 1.12. The summed E-state index contributed by atoms with van der Waals surface area (Å²) in [6.07, 6.45) is 8.72. The first-order valence-electron chi connectivity index (χ1n) is 16.4. The number of aliphatic hydroxyl groups is 1. The Morgan fingerprint density at radius 2 is 1.94 bits per heavy atom. The predicted molar refractivity (Wildman–Crippen MR) is 175 cm³/mol. The summed E-state index contributed by atoms with van der Waals surface area (Å²) in [7, 11) is 0. The minimum atomic E-state index is -0.712. The van der Waals surface area contributed by atoms with Gasteiger partial charge in [-0.1, -0.05) is 51.1 Å². The number of aromatic nitrogens is 7. The Morgan fingerprint density at radius 1 is 1.17 bits per heavy atom. The van der Waals surface area contributed by atoms with Gasteiger partial charge in [0.2, 0.25) is 0 Å². The van der Waals surface area contributed by atoms with Gasteiger partial charge in [0.05, 0.1) is 12.3 Å². The summed E-state index contributed by atoms with van der Waals surface area (Å²) < 4.78 is 9.67. The van der Waals surface area contributed by atoms with Crippen molar-refractivity contribution in [3.8, 4) is 16.9 Å². The number of anilines is 1. The van der Waals surface area contributed by atoms with E-state index in [4.69, 9.17) is 10.5 Å². The molecule has 7 rings (SSSR count). The highest BCUT2D eigenvalue weighted by atomic mass is 16.5. The number of carbonyl (C=O) groups excluding carboxylic acids is 2. The van der Waals surface area contributed by atoms with Crippen molar-refractivity contribution in [1.29, 1.82) is 0 Å². The highest BCUT2D eigenvalue weighted by Gasteiger charge is 2.68. The number of nitrogens with zero attached hydrogens (tertiary/aromatic N) is 7. The van der Waals surface area contributed by atoms with Crippen molar-refractivity contribution in [1.82, 2.24) is 34.5 Å². The lowest BCUT2D eigenvalue weighted by Crippen LogP contribution is -2.63. The second-order valence-electron chi connectivity index (χ2n) is 14.5. The number of ether oxygens (including phenoxy) is 1. The molecule has 2 unspecified atom stereocenters. The van der Waals surface area contributed by atoms with Crippen LogP contribution in [-0.2, 0) is 20.9 Å². The average molecular weight is 639 g/mol. The van der Waals surface area contributed by atoms with Crippen LogP contribution in [0.3, 0.4) is 0 Å². The number of nitrogens with two attached hydrogens (primary N) is 1. The van der Waals surface area contributed by atoms with Crippen LogP contribution in [0.2, 0.25) is 0 Å². The molecule has 12 nitrogen and oxygen atoms in total. The summed E-state index contributed by atoms with van der Waals surface area (Å²) in [5, 5.41) is 20.3. The van der Waals surface area contributed by atoms with Crippen molar-refractivity contribution in [2.45, 2.75) is 78.6 Å². The van der Waals surface area contributed by atoms with Gasteiger partial charge in [0.25, 0.3) is 0 Å². The third kappa shape index (κ3) is 4.70. The Kier molecular flexibility index (Phi) is 7.34. The van der Waals surface area contributed by atoms with Gasteiger partial charge in [0, 0.05) is 34.4 Å². The van der Waals surface area contributed by atoms with Gasteiger partial charge < -0.3 is 15.6 Å². The highest BCUT2D eigenvalue weighted by molar-refractivity contribution is 5.86. The Bertz CT molecular complexity index is 1870. The summed E-state index contributed by atoms with van der Waals surface area (Å²) in [5.41, 5.74) is 7.74. The molecule has 3 N–H and O–H groups in total. The van der Waals surface area contributed by atoms with Crippen molar-refractivity contribution in [2.24, 2.45) is 34.0 Å². The molecule has 0 amide bonds. The molecule has 3 saturated carbocycles. The summed E-state index contributed by atoms with van der Waals surface area (Å²) >= 11 is 0. The van der Waals surface area contributed by atoms with E-state index in [1.165, 1.54) is 11.0 Å². The van der Waals surface area contributed by atoms with Crippen LogP contribution >= 0.6 is 0 Å². The van der Waals surface area contributed by atoms with Crippen molar-refractivity contribution >= 4 is 28.7 Å². The number of imidazole rings is 1. The third-order valence-electron chi connectivity index (χ3n) is 12.2. The number of nitrogen functional groups attached to an aromatic ring is 1. The van der Waals surface area contributed by atoms with E-state index in [1.54, 1.807) is 18.6 Å². The number of rotatable bonds is 6. The molecule has 47 heavy (non-hydrogen) atoms. The van der Waals surface area contributed by atoms with Crippen LogP contribution in [0.25, 0.3) is 28.1 Å². The number of hydrogen-bond acceptors (Lipinski definition) is 10. The standard InChI is InChI=1S/C35H42N8O4/c1-6-33(4)15-26(34(5)20(2)11-13-35(21(3)30(33)46)14-12-25(44)29(34)35)47-27(45)17-42-16-24(40-41-42)22-7-9-23(10-8-22)43-19-39-28-31(36)37-18-38-32(28)43/h6-10,16,18-21,26,29-30,46H,1,11-15,17H2,2-5H3,(H2,36,37,38)/t20?,21-,26+,29-,30-,33+,34-,35?/m0/s1. The molecule has 246 valence electrons. The third-order valence-corrected chi connectivity index (χ3v) is 12.2. The topological polar surface area (TPSA) is 164 Å². The fourth-order valence-electron chi connectivity index (χ4n) is 9.17. The van der Waals surface area contributed by atoms with Gasteiger partial charge in [0.1, 0.15) is 36.8 Å². The normalized spacial score (nSPS) is 33.6. The molecule has 4 aromatic rings. The maximum Gasteiger partial charge on any atom is 0.328 e. The van der Waals surface area contributed by atoms with E-state index in [1.807, 2.05) is 35.8 Å². The minimum absolute atomic E-state index is 0.0832.